The number of aromatic carboxylic acids is 1. The van der Waals surface area contributed by atoms with Crippen LogP contribution in [0.15, 0.2) is 24.3 Å². The molecular weight excluding hydrogens is 567 g/mol. The molecule has 0 aliphatic heterocycles. The average Bonchev–Trinajstić information content (AvgIpc) is 2.88. The van der Waals surface area contributed by atoms with Crippen LogP contribution < -0.4 is 10.2 Å². The third-order valence-electron chi connectivity index (χ3n) is 5.45. The van der Waals surface area contributed by atoms with Gasteiger partial charge in [-0.15, -0.1) is 0 Å². The molecule has 0 fully saturated rings. The van der Waals surface area contributed by atoms with Gasteiger partial charge in [0, 0.05) is 11.5 Å². The van der Waals surface area contributed by atoms with E-state index in [-0.39, 0.29) is 30.3 Å². The van der Waals surface area contributed by atoms with Gasteiger partial charge in [-0.3, -0.25) is 0 Å². The molecule has 1 aromatic rings. The van der Waals surface area contributed by atoms with Crippen LogP contribution in [0.2, 0.25) is 0 Å². The van der Waals surface area contributed by atoms with Crippen molar-refractivity contribution in [2.75, 3.05) is 0 Å². The first-order chi connectivity index (χ1) is 17.4. The van der Waals surface area contributed by atoms with Crippen molar-refractivity contribution in [2.24, 2.45) is 0 Å². The van der Waals surface area contributed by atoms with E-state index in [1.165, 1.54) is 70.6 Å². The largest absolute Gasteiger partial charge is 2.00 e. The summed E-state index contributed by atoms with van der Waals surface area (Å²) < 4.78 is 0. The number of aliphatic carboxylic acids is 1. The SMILES string of the molecule is CCCCCCCCCCCCCC(=O)[O-].CCCc1ccccc1C(=O)[O-].[CH2]CCC.[CH2]CCC.[Sn+2]. The van der Waals surface area contributed by atoms with Crippen molar-refractivity contribution >= 4 is 35.8 Å². The zero-order chi connectivity index (χ0) is 27.9. The molecule has 0 aliphatic carbocycles. The number of benzene rings is 1. The van der Waals surface area contributed by atoms with E-state index in [1.807, 2.05) is 19.1 Å². The Kier molecular flexibility index (Phi) is 43.2. The zero-order valence-electron chi connectivity index (χ0n) is 24.6. The molecule has 0 N–H and O–H groups in total. The average molecular weight is 624 g/mol. The van der Waals surface area contributed by atoms with Gasteiger partial charge in [0.25, 0.3) is 0 Å². The summed E-state index contributed by atoms with van der Waals surface area (Å²) in [6.45, 7) is 15.7. The summed E-state index contributed by atoms with van der Waals surface area (Å²) >= 11 is 0. The number of carbonyl (C=O) groups is 2. The molecule has 0 bridgehead atoms. The minimum atomic E-state index is -1.08. The molecular formula is C32H56O4Sn. The molecule has 0 saturated carbocycles. The monoisotopic (exact) mass is 624 g/mol. The van der Waals surface area contributed by atoms with Crippen molar-refractivity contribution in [3.63, 3.8) is 0 Å². The van der Waals surface area contributed by atoms with Gasteiger partial charge in [-0.25, -0.2) is 0 Å². The number of aryl methyl sites for hydroxylation is 1. The molecule has 0 heterocycles. The van der Waals surface area contributed by atoms with Crippen LogP contribution >= 0.6 is 0 Å². The summed E-state index contributed by atoms with van der Waals surface area (Å²) in [5.74, 6) is -1.99. The fourth-order valence-corrected chi connectivity index (χ4v) is 3.14. The summed E-state index contributed by atoms with van der Waals surface area (Å²) in [7, 11) is 0. The molecule has 5 heteroatoms. The van der Waals surface area contributed by atoms with E-state index in [0.717, 1.165) is 44.1 Å². The van der Waals surface area contributed by atoms with Crippen LogP contribution in [0.4, 0.5) is 0 Å². The Hall–Kier alpha value is -1.04. The number of rotatable bonds is 17. The number of carboxylic acids is 2. The van der Waals surface area contributed by atoms with Crippen LogP contribution in [0.1, 0.15) is 153 Å². The summed E-state index contributed by atoms with van der Waals surface area (Å²) in [6, 6.07) is 6.97. The van der Waals surface area contributed by atoms with Crippen molar-refractivity contribution < 1.29 is 19.8 Å². The predicted molar refractivity (Wildman–Crippen MR) is 157 cm³/mol. The number of carbonyl (C=O) groups excluding carboxylic acids is 2. The molecule has 0 saturated heterocycles. The van der Waals surface area contributed by atoms with Gasteiger partial charge in [0.05, 0.1) is 5.97 Å². The first-order valence-electron chi connectivity index (χ1n) is 14.4. The molecule has 0 aromatic heterocycles. The van der Waals surface area contributed by atoms with Crippen molar-refractivity contribution in [1.82, 2.24) is 0 Å². The summed E-state index contributed by atoms with van der Waals surface area (Å²) in [6.07, 6.45) is 20.3. The Morgan fingerprint density at radius 3 is 1.41 bits per heavy atom. The third kappa shape index (κ3) is 37.2. The second kappa shape index (κ2) is 37.1. The van der Waals surface area contributed by atoms with Gasteiger partial charge in [0.15, 0.2) is 0 Å². The van der Waals surface area contributed by atoms with E-state index < -0.39 is 11.9 Å². The topological polar surface area (TPSA) is 80.3 Å². The van der Waals surface area contributed by atoms with Crippen LogP contribution in [0, 0.1) is 13.8 Å². The molecule has 0 amide bonds. The van der Waals surface area contributed by atoms with Crippen LogP contribution in [-0.4, -0.2) is 35.8 Å². The van der Waals surface area contributed by atoms with Crippen molar-refractivity contribution in [3.05, 3.63) is 49.2 Å². The van der Waals surface area contributed by atoms with E-state index in [4.69, 9.17) is 0 Å². The van der Waals surface area contributed by atoms with E-state index >= 15 is 0 Å². The maximum Gasteiger partial charge on any atom is 2.00 e. The van der Waals surface area contributed by atoms with Gasteiger partial charge in [-0.1, -0.05) is 162 Å². The Balaban J connectivity index is -0.000000227. The molecule has 0 atom stereocenters. The Bertz CT molecular complexity index is 582. The fourth-order valence-electron chi connectivity index (χ4n) is 3.14. The molecule has 1 aromatic carbocycles. The van der Waals surface area contributed by atoms with Crippen LogP contribution in [0.3, 0.4) is 0 Å². The van der Waals surface area contributed by atoms with Gasteiger partial charge >= 0.3 is 23.9 Å². The predicted octanol–water partition coefficient (Wildman–Crippen LogP) is 7.30. The molecule has 0 unspecified atom stereocenters. The zero-order valence-corrected chi connectivity index (χ0v) is 27.4. The molecule has 4 radical (unpaired) electrons. The van der Waals surface area contributed by atoms with Crippen molar-refractivity contribution in [2.45, 2.75) is 143 Å². The minimum Gasteiger partial charge on any atom is -0.550 e. The van der Waals surface area contributed by atoms with Gasteiger partial charge in [0.2, 0.25) is 0 Å². The summed E-state index contributed by atoms with van der Waals surface area (Å²) in [5, 5.41) is 20.7. The quantitative estimate of drug-likeness (QED) is 0.135. The molecule has 37 heavy (non-hydrogen) atoms. The second-order valence-electron chi connectivity index (χ2n) is 9.06. The van der Waals surface area contributed by atoms with Crippen LogP contribution in [-0.2, 0) is 11.2 Å². The number of hydrogen-bond donors (Lipinski definition) is 0. The normalized spacial score (nSPS) is 9.35. The molecule has 0 aliphatic rings. The Morgan fingerprint density at radius 2 is 1.05 bits per heavy atom. The smallest absolute Gasteiger partial charge is 0.550 e. The summed E-state index contributed by atoms with van der Waals surface area (Å²) in [5.41, 5.74) is 1.18. The molecule has 212 valence electrons. The van der Waals surface area contributed by atoms with E-state index in [2.05, 4.69) is 34.6 Å². The van der Waals surface area contributed by atoms with Crippen LogP contribution in [0.5, 0.6) is 0 Å². The van der Waals surface area contributed by atoms with Gasteiger partial charge in [0.1, 0.15) is 0 Å². The van der Waals surface area contributed by atoms with E-state index in [9.17, 15) is 19.8 Å². The third-order valence-corrected chi connectivity index (χ3v) is 5.45. The standard InChI is InChI=1S/C14H28O2.C10H12O2.2C4H9.Sn/c1-2-3-4-5-6-7-8-9-10-11-12-13-14(15)16;1-2-5-8-6-3-4-7-9(8)10(11)12;2*1-3-4-2;/h2-13H2,1H3,(H,15,16);3-4,6-7H,2,5H2,1H3,(H,11,12);2*1,3-4H2,2H3;/q;;;;+2/p-2. The maximum absolute atomic E-state index is 10.6. The summed E-state index contributed by atoms with van der Waals surface area (Å²) in [4.78, 5) is 20.7. The number of unbranched alkanes of at least 4 members (excludes halogenated alkanes) is 12. The van der Waals surface area contributed by atoms with E-state index in [0.29, 0.717) is 5.56 Å². The second-order valence-corrected chi connectivity index (χ2v) is 9.06. The Morgan fingerprint density at radius 1 is 0.649 bits per heavy atom. The van der Waals surface area contributed by atoms with E-state index in [1.54, 1.807) is 12.1 Å². The fraction of sp³-hybridized carbons (Fsp3) is 0.688. The minimum absolute atomic E-state index is 0. The van der Waals surface area contributed by atoms with Gasteiger partial charge in [-0.05, 0) is 24.8 Å². The van der Waals surface area contributed by atoms with Gasteiger partial charge < -0.3 is 19.8 Å². The maximum atomic E-state index is 10.6. The van der Waals surface area contributed by atoms with Crippen molar-refractivity contribution in [1.29, 1.82) is 0 Å². The molecule has 0 spiro atoms. The number of carboxylic acid groups (broad SMARTS) is 2. The molecule has 1 rings (SSSR count). The molecule has 4 nitrogen and oxygen atoms in total. The first-order valence-corrected chi connectivity index (χ1v) is 14.4. The van der Waals surface area contributed by atoms with Crippen LogP contribution in [0.25, 0.3) is 0 Å². The van der Waals surface area contributed by atoms with Crippen molar-refractivity contribution in [3.8, 4) is 0 Å². The van der Waals surface area contributed by atoms with Gasteiger partial charge in [-0.2, -0.15) is 0 Å². The number of hydrogen-bond acceptors (Lipinski definition) is 4. The first kappa shape index (κ1) is 43.0. The Labute approximate surface area is 247 Å².